The second kappa shape index (κ2) is 10.2. The van der Waals surface area contributed by atoms with Crippen molar-refractivity contribution in [2.24, 2.45) is 0 Å². The van der Waals surface area contributed by atoms with Crippen LogP contribution in [-0.2, 0) is 20.9 Å². The van der Waals surface area contributed by atoms with Crippen molar-refractivity contribution in [3.8, 4) is 0 Å². The van der Waals surface area contributed by atoms with Gasteiger partial charge >= 0.3 is 12.1 Å². The second-order valence-corrected chi connectivity index (χ2v) is 9.59. The van der Waals surface area contributed by atoms with Gasteiger partial charge in [-0.15, -0.1) is 0 Å². The lowest BCUT2D eigenvalue weighted by Gasteiger charge is -2.28. The number of benzene rings is 3. The summed E-state index contributed by atoms with van der Waals surface area (Å²) in [6.45, 7) is 6.05. The molecule has 1 saturated heterocycles. The minimum atomic E-state index is -0.637. The summed E-state index contributed by atoms with van der Waals surface area (Å²) in [6, 6.07) is 19.6. The molecule has 1 atom stereocenters. The number of fused-ring (bicyclic) bond motifs is 1. The van der Waals surface area contributed by atoms with E-state index in [1.165, 1.54) is 4.90 Å². The molecule has 4 rings (SSSR count). The Kier molecular flexibility index (Phi) is 7.05. The average molecular weight is 475 g/mol. The molecule has 0 saturated carbocycles. The van der Waals surface area contributed by atoms with E-state index in [0.29, 0.717) is 29.6 Å². The lowest BCUT2D eigenvalue weighted by molar-refractivity contribution is -0.120. The Bertz CT molecular complexity index is 1230. The Hall–Kier alpha value is -3.87. The highest BCUT2D eigenvalue weighted by Crippen LogP contribution is 2.29. The summed E-state index contributed by atoms with van der Waals surface area (Å²) in [5, 5.41) is 4.36. The quantitative estimate of drug-likeness (QED) is 0.491. The molecule has 2 amide bonds. The third kappa shape index (κ3) is 5.80. The molecule has 7 heteroatoms. The van der Waals surface area contributed by atoms with Gasteiger partial charge in [-0.25, -0.2) is 9.59 Å². The Balaban J connectivity index is 1.52. The first-order valence-electron chi connectivity index (χ1n) is 11.8. The van der Waals surface area contributed by atoms with E-state index in [0.717, 1.165) is 17.4 Å². The number of anilines is 1. The van der Waals surface area contributed by atoms with Gasteiger partial charge in [-0.05, 0) is 56.7 Å². The largest absolute Gasteiger partial charge is 0.457 e. The van der Waals surface area contributed by atoms with Gasteiger partial charge in [-0.2, -0.15) is 0 Å². The van der Waals surface area contributed by atoms with Gasteiger partial charge in [0.05, 0.1) is 5.56 Å². The second-order valence-electron chi connectivity index (χ2n) is 9.59. The first-order valence-corrected chi connectivity index (χ1v) is 11.8. The average Bonchev–Trinajstić information content (AvgIpc) is 3.33. The fourth-order valence-corrected chi connectivity index (χ4v) is 4.18. The van der Waals surface area contributed by atoms with Crippen LogP contribution in [0.15, 0.2) is 66.7 Å². The van der Waals surface area contributed by atoms with Crippen LogP contribution in [0.5, 0.6) is 0 Å². The molecule has 1 aliphatic heterocycles. The van der Waals surface area contributed by atoms with Crippen molar-refractivity contribution in [2.75, 3.05) is 11.9 Å². The lowest BCUT2D eigenvalue weighted by Crippen LogP contribution is -2.45. The standard InChI is InChI=1S/C28H30N2O5/c1-28(2,3)35-27(33)30-17-9-14-24(30)25(31)29-23-16-15-22(20-12-7-8-13-21(20)23)26(32)34-18-19-10-5-4-6-11-19/h4-8,10-13,15-16,24H,9,14,17-18H2,1-3H3,(H,29,31). The molecule has 0 aliphatic carbocycles. The molecule has 35 heavy (non-hydrogen) atoms. The van der Waals surface area contributed by atoms with Crippen LogP contribution in [0.1, 0.15) is 49.5 Å². The lowest BCUT2D eigenvalue weighted by atomic mass is 10.0. The van der Waals surface area contributed by atoms with Crippen LogP contribution in [0, 0.1) is 0 Å². The molecule has 1 fully saturated rings. The zero-order chi connectivity index (χ0) is 25.0. The highest BCUT2D eigenvalue weighted by molar-refractivity contribution is 6.11. The number of nitrogens with one attached hydrogen (secondary N) is 1. The van der Waals surface area contributed by atoms with Gasteiger partial charge in [0.1, 0.15) is 18.2 Å². The summed E-state index contributed by atoms with van der Waals surface area (Å²) in [5.74, 6) is -0.715. The zero-order valence-corrected chi connectivity index (χ0v) is 20.2. The number of esters is 1. The third-order valence-electron chi connectivity index (χ3n) is 5.80. The first-order chi connectivity index (χ1) is 16.7. The van der Waals surface area contributed by atoms with Crippen LogP contribution in [0.4, 0.5) is 10.5 Å². The monoisotopic (exact) mass is 474 g/mol. The number of carbonyl (C=O) groups is 3. The predicted octanol–water partition coefficient (Wildman–Crippen LogP) is 5.53. The van der Waals surface area contributed by atoms with Crippen LogP contribution in [0.2, 0.25) is 0 Å². The summed E-state index contributed by atoms with van der Waals surface area (Å²) < 4.78 is 11.0. The minimum absolute atomic E-state index is 0.175. The Morgan fingerprint density at radius 1 is 0.943 bits per heavy atom. The summed E-state index contributed by atoms with van der Waals surface area (Å²) in [6.07, 6.45) is 0.800. The Morgan fingerprint density at radius 2 is 1.63 bits per heavy atom. The maximum atomic E-state index is 13.2. The Labute approximate surface area is 205 Å². The van der Waals surface area contributed by atoms with Crippen LogP contribution >= 0.6 is 0 Å². The number of amides is 2. The summed E-state index contributed by atoms with van der Waals surface area (Å²) in [7, 11) is 0. The van der Waals surface area contributed by atoms with E-state index in [1.54, 1.807) is 32.9 Å². The smallest absolute Gasteiger partial charge is 0.410 e. The Morgan fingerprint density at radius 3 is 2.34 bits per heavy atom. The molecule has 0 radical (unpaired) electrons. The maximum absolute atomic E-state index is 13.2. The van der Waals surface area contributed by atoms with Crippen molar-refractivity contribution in [3.63, 3.8) is 0 Å². The number of hydrogen-bond acceptors (Lipinski definition) is 5. The molecule has 0 bridgehead atoms. The maximum Gasteiger partial charge on any atom is 0.410 e. The molecule has 3 aromatic rings. The van der Waals surface area contributed by atoms with Gasteiger partial charge in [-0.1, -0.05) is 54.6 Å². The third-order valence-corrected chi connectivity index (χ3v) is 5.80. The van der Waals surface area contributed by atoms with E-state index in [-0.39, 0.29) is 12.5 Å². The van der Waals surface area contributed by atoms with E-state index in [4.69, 9.17) is 9.47 Å². The van der Waals surface area contributed by atoms with E-state index < -0.39 is 23.7 Å². The molecule has 3 aromatic carbocycles. The van der Waals surface area contributed by atoms with Crippen molar-refractivity contribution in [1.82, 2.24) is 4.90 Å². The molecule has 182 valence electrons. The van der Waals surface area contributed by atoms with Crippen LogP contribution in [0.25, 0.3) is 10.8 Å². The van der Waals surface area contributed by atoms with E-state index in [1.807, 2.05) is 54.6 Å². The zero-order valence-electron chi connectivity index (χ0n) is 20.2. The van der Waals surface area contributed by atoms with Crippen molar-refractivity contribution < 1.29 is 23.9 Å². The van der Waals surface area contributed by atoms with Gasteiger partial charge in [0.2, 0.25) is 5.91 Å². The van der Waals surface area contributed by atoms with Gasteiger partial charge in [0.25, 0.3) is 0 Å². The molecule has 0 spiro atoms. The predicted molar refractivity (Wildman–Crippen MR) is 134 cm³/mol. The number of hydrogen-bond donors (Lipinski definition) is 1. The molecule has 0 aromatic heterocycles. The summed E-state index contributed by atoms with van der Waals surface area (Å²) in [4.78, 5) is 40.1. The van der Waals surface area contributed by atoms with Gasteiger partial charge in [0.15, 0.2) is 0 Å². The van der Waals surface area contributed by atoms with Gasteiger partial charge < -0.3 is 14.8 Å². The van der Waals surface area contributed by atoms with Crippen molar-refractivity contribution >= 4 is 34.4 Å². The van der Waals surface area contributed by atoms with Crippen molar-refractivity contribution in [3.05, 3.63) is 77.9 Å². The van der Waals surface area contributed by atoms with E-state index >= 15 is 0 Å². The molecule has 1 N–H and O–H groups in total. The molecule has 7 nitrogen and oxygen atoms in total. The summed E-state index contributed by atoms with van der Waals surface area (Å²) in [5.41, 5.74) is 1.26. The van der Waals surface area contributed by atoms with Crippen LogP contribution in [-0.4, -0.2) is 41.1 Å². The minimum Gasteiger partial charge on any atom is -0.457 e. The molecule has 1 aliphatic rings. The SMILES string of the molecule is CC(C)(C)OC(=O)N1CCCC1C(=O)Nc1ccc(C(=O)OCc2ccccc2)c2ccccc12. The van der Waals surface area contributed by atoms with Crippen molar-refractivity contribution in [1.29, 1.82) is 0 Å². The number of nitrogens with zero attached hydrogens (tertiary/aromatic N) is 1. The fourth-order valence-electron chi connectivity index (χ4n) is 4.18. The highest BCUT2D eigenvalue weighted by Gasteiger charge is 2.36. The first kappa shape index (κ1) is 24.3. The summed E-state index contributed by atoms with van der Waals surface area (Å²) >= 11 is 0. The topological polar surface area (TPSA) is 84.9 Å². The van der Waals surface area contributed by atoms with Crippen LogP contribution < -0.4 is 5.32 Å². The van der Waals surface area contributed by atoms with Gasteiger partial charge in [-0.3, -0.25) is 9.69 Å². The number of likely N-dealkylation sites (tertiary alicyclic amines) is 1. The molecular weight excluding hydrogens is 444 g/mol. The molecular formula is C28H30N2O5. The number of rotatable bonds is 5. The fraction of sp³-hybridized carbons (Fsp3) is 0.321. The number of carbonyl (C=O) groups excluding carboxylic acids is 3. The normalized spacial score (nSPS) is 15.6. The van der Waals surface area contributed by atoms with E-state index in [2.05, 4.69) is 5.32 Å². The number of ether oxygens (including phenoxy) is 2. The van der Waals surface area contributed by atoms with Crippen molar-refractivity contribution in [2.45, 2.75) is 51.9 Å². The molecule has 1 unspecified atom stereocenters. The van der Waals surface area contributed by atoms with Gasteiger partial charge in [0, 0.05) is 17.6 Å². The van der Waals surface area contributed by atoms with Crippen LogP contribution in [0.3, 0.4) is 0 Å². The van der Waals surface area contributed by atoms with E-state index in [9.17, 15) is 14.4 Å². The highest BCUT2D eigenvalue weighted by atomic mass is 16.6. The molecule has 1 heterocycles.